The fourth-order valence-electron chi connectivity index (χ4n) is 3.56. The molecule has 4 aromatic rings. The second-order valence-corrected chi connectivity index (χ2v) is 7.29. The van der Waals surface area contributed by atoms with Crippen LogP contribution in [0.4, 0.5) is 17.5 Å². The molecular formula is C24H27N5O4. The van der Waals surface area contributed by atoms with Crippen LogP contribution in [0.2, 0.25) is 0 Å². The van der Waals surface area contributed by atoms with Gasteiger partial charge in [-0.3, -0.25) is 0 Å². The molecule has 2 aromatic carbocycles. The summed E-state index contributed by atoms with van der Waals surface area (Å²) in [5.74, 6) is 4.14. The van der Waals surface area contributed by atoms with Crippen LogP contribution in [0.1, 0.15) is 5.56 Å². The Bertz CT molecular complexity index is 1270. The Hall–Kier alpha value is -4.14. The second kappa shape index (κ2) is 9.56. The summed E-state index contributed by atoms with van der Waals surface area (Å²) in [6.45, 7) is 0.585. The van der Waals surface area contributed by atoms with E-state index < -0.39 is 0 Å². The summed E-state index contributed by atoms with van der Waals surface area (Å²) in [6.07, 6.45) is 1.75. The van der Waals surface area contributed by atoms with Crippen LogP contribution in [-0.2, 0) is 13.6 Å². The maximum absolute atomic E-state index is 5.39. The van der Waals surface area contributed by atoms with Gasteiger partial charge in [-0.1, -0.05) is 6.07 Å². The Morgan fingerprint density at radius 2 is 1.48 bits per heavy atom. The van der Waals surface area contributed by atoms with Gasteiger partial charge in [0.1, 0.15) is 11.3 Å². The number of aromatic nitrogens is 3. The SMILES string of the molecule is COc1ccc(CNc2nc3cnc(Nc4ccc(OC)c(OC)c4)cc3n2C)cc1OC. The van der Waals surface area contributed by atoms with Crippen LogP contribution in [-0.4, -0.2) is 43.0 Å². The number of rotatable bonds is 9. The lowest BCUT2D eigenvalue weighted by Crippen LogP contribution is -2.05. The van der Waals surface area contributed by atoms with Crippen LogP contribution < -0.4 is 29.6 Å². The van der Waals surface area contributed by atoms with E-state index in [1.807, 2.05) is 54.1 Å². The highest BCUT2D eigenvalue weighted by molar-refractivity contribution is 5.81. The number of nitrogens with zero attached hydrogens (tertiary/aromatic N) is 3. The van der Waals surface area contributed by atoms with Crippen molar-refractivity contribution in [3.8, 4) is 23.0 Å². The van der Waals surface area contributed by atoms with Crippen LogP contribution >= 0.6 is 0 Å². The van der Waals surface area contributed by atoms with Crippen molar-refractivity contribution in [1.82, 2.24) is 14.5 Å². The Morgan fingerprint density at radius 1 is 0.818 bits per heavy atom. The zero-order valence-corrected chi connectivity index (χ0v) is 19.3. The molecule has 0 aliphatic rings. The molecule has 0 radical (unpaired) electrons. The quantitative estimate of drug-likeness (QED) is 0.390. The van der Waals surface area contributed by atoms with Crippen LogP contribution in [0.5, 0.6) is 23.0 Å². The van der Waals surface area contributed by atoms with Gasteiger partial charge in [-0.25, -0.2) is 9.97 Å². The molecule has 0 bridgehead atoms. The highest BCUT2D eigenvalue weighted by Crippen LogP contribution is 2.32. The maximum Gasteiger partial charge on any atom is 0.203 e. The minimum atomic E-state index is 0.585. The van der Waals surface area contributed by atoms with E-state index in [1.54, 1.807) is 34.6 Å². The molecule has 9 heteroatoms. The minimum absolute atomic E-state index is 0.585. The number of anilines is 3. The number of methoxy groups -OCH3 is 4. The molecule has 0 amide bonds. The summed E-state index contributed by atoms with van der Waals surface area (Å²) in [4.78, 5) is 9.17. The van der Waals surface area contributed by atoms with Crippen LogP contribution in [0.15, 0.2) is 48.7 Å². The molecule has 0 atom stereocenters. The van der Waals surface area contributed by atoms with Crippen molar-refractivity contribution in [2.75, 3.05) is 39.1 Å². The van der Waals surface area contributed by atoms with Gasteiger partial charge in [0.2, 0.25) is 5.95 Å². The third-order valence-electron chi connectivity index (χ3n) is 5.32. The smallest absolute Gasteiger partial charge is 0.203 e. The van der Waals surface area contributed by atoms with Crippen molar-refractivity contribution in [3.63, 3.8) is 0 Å². The first-order valence-electron chi connectivity index (χ1n) is 10.3. The first-order chi connectivity index (χ1) is 16.1. The van der Waals surface area contributed by atoms with Crippen molar-refractivity contribution in [2.45, 2.75) is 6.54 Å². The normalized spacial score (nSPS) is 10.7. The van der Waals surface area contributed by atoms with Crippen LogP contribution in [0.25, 0.3) is 11.0 Å². The van der Waals surface area contributed by atoms with Crippen LogP contribution in [0.3, 0.4) is 0 Å². The molecule has 172 valence electrons. The molecule has 0 aliphatic heterocycles. The lowest BCUT2D eigenvalue weighted by atomic mass is 10.2. The Morgan fingerprint density at radius 3 is 2.18 bits per heavy atom. The fraction of sp³-hybridized carbons (Fsp3) is 0.250. The van der Waals surface area contributed by atoms with Crippen LogP contribution in [0, 0.1) is 0 Å². The molecular weight excluding hydrogens is 422 g/mol. The molecule has 0 spiro atoms. The van der Waals surface area contributed by atoms with Gasteiger partial charge in [0.15, 0.2) is 23.0 Å². The molecule has 9 nitrogen and oxygen atoms in total. The van der Waals surface area contributed by atoms with E-state index in [2.05, 4.69) is 20.6 Å². The minimum Gasteiger partial charge on any atom is -0.493 e. The van der Waals surface area contributed by atoms with E-state index in [-0.39, 0.29) is 0 Å². The summed E-state index contributed by atoms with van der Waals surface area (Å²) in [6, 6.07) is 13.4. The van der Waals surface area contributed by atoms with Gasteiger partial charge in [0.25, 0.3) is 0 Å². The number of pyridine rings is 1. The van der Waals surface area contributed by atoms with Crippen molar-refractivity contribution < 1.29 is 18.9 Å². The molecule has 4 rings (SSSR count). The summed E-state index contributed by atoms with van der Waals surface area (Å²) < 4.78 is 23.4. The van der Waals surface area contributed by atoms with Gasteiger partial charge < -0.3 is 34.1 Å². The van der Waals surface area contributed by atoms with Crippen molar-refractivity contribution in [2.24, 2.45) is 7.05 Å². The van der Waals surface area contributed by atoms with Crippen molar-refractivity contribution in [1.29, 1.82) is 0 Å². The van der Waals surface area contributed by atoms with Gasteiger partial charge in [0.05, 0.1) is 40.2 Å². The topological polar surface area (TPSA) is 91.7 Å². The molecule has 0 aliphatic carbocycles. The molecule has 2 aromatic heterocycles. The van der Waals surface area contributed by atoms with E-state index in [9.17, 15) is 0 Å². The van der Waals surface area contributed by atoms with Gasteiger partial charge in [-0.15, -0.1) is 0 Å². The predicted molar refractivity (Wildman–Crippen MR) is 128 cm³/mol. The number of imidazole rings is 1. The number of fused-ring (bicyclic) bond motifs is 1. The number of aryl methyl sites for hydroxylation is 1. The molecule has 0 saturated heterocycles. The highest BCUT2D eigenvalue weighted by atomic mass is 16.5. The van der Waals surface area contributed by atoms with E-state index in [0.717, 1.165) is 28.2 Å². The number of benzene rings is 2. The molecule has 33 heavy (non-hydrogen) atoms. The lowest BCUT2D eigenvalue weighted by Gasteiger charge is -2.11. The van der Waals surface area contributed by atoms with E-state index in [4.69, 9.17) is 18.9 Å². The summed E-state index contributed by atoms with van der Waals surface area (Å²) >= 11 is 0. The zero-order chi connectivity index (χ0) is 23.4. The van der Waals surface area contributed by atoms with Crippen molar-refractivity contribution >= 4 is 28.5 Å². The molecule has 0 fully saturated rings. The predicted octanol–water partition coefficient (Wildman–Crippen LogP) is 4.36. The average Bonchev–Trinajstić information content (AvgIpc) is 3.17. The average molecular weight is 450 g/mol. The summed E-state index contributed by atoms with van der Waals surface area (Å²) in [5.41, 5.74) is 3.63. The zero-order valence-electron chi connectivity index (χ0n) is 19.3. The van der Waals surface area contributed by atoms with E-state index in [0.29, 0.717) is 35.4 Å². The van der Waals surface area contributed by atoms with Gasteiger partial charge in [-0.05, 0) is 29.8 Å². The van der Waals surface area contributed by atoms with Gasteiger partial charge in [0, 0.05) is 31.4 Å². The Kier molecular flexibility index (Phi) is 6.39. The number of hydrogen-bond donors (Lipinski definition) is 2. The van der Waals surface area contributed by atoms with Crippen molar-refractivity contribution in [3.05, 3.63) is 54.2 Å². The van der Waals surface area contributed by atoms with E-state index in [1.165, 1.54) is 0 Å². The largest absolute Gasteiger partial charge is 0.493 e. The van der Waals surface area contributed by atoms with Gasteiger partial charge >= 0.3 is 0 Å². The molecule has 0 saturated carbocycles. The number of hydrogen-bond acceptors (Lipinski definition) is 8. The lowest BCUT2D eigenvalue weighted by molar-refractivity contribution is 0.354. The molecule has 2 N–H and O–H groups in total. The van der Waals surface area contributed by atoms with E-state index >= 15 is 0 Å². The first-order valence-corrected chi connectivity index (χ1v) is 10.3. The number of ether oxygens (including phenoxy) is 4. The molecule has 2 heterocycles. The fourth-order valence-corrected chi connectivity index (χ4v) is 3.56. The monoisotopic (exact) mass is 449 g/mol. The number of nitrogens with one attached hydrogen (secondary N) is 2. The third kappa shape index (κ3) is 4.57. The maximum atomic E-state index is 5.39. The standard InChI is InChI=1S/C24H27N5O4/c1-29-18-12-23(27-16-7-9-20(31-3)22(11-16)33-5)25-14-17(18)28-24(29)26-13-15-6-8-19(30-2)21(10-15)32-4/h6-12,14H,13H2,1-5H3,(H,25,27)(H,26,28). The van der Waals surface area contributed by atoms with Gasteiger partial charge in [-0.2, -0.15) is 0 Å². The highest BCUT2D eigenvalue weighted by Gasteiger charge is 2.11. The first kappa shape index (κ1) is 22.1. The molecule has 0 unspecified atom stereocenters. The third-order valence-corrected chi connectivity index (χ3v) is 5.32. The Labute approximate surface area is 192 Å². The Balaban J connectivity index is 1.52. The second-order valence-electron chi connectivity index (χ2n) is 7.29. The summed E-state index contributed by atoms with van der Waals surface area (Å²) in [7, 11) is 8.43. The summed E-state index contributed by atoms with van der Waals surface area (Å²) in [5, 5.41) is 6.69.